The highest BCUT2D eigenvalue weighted by Gasteiger charge is 2.29. The Hall–Kier alpha value is -1.05. The summed E-state index contributed by atoms with van der Waals surface area (Å²) in [7, 11) is 0. The van der Waals surface area contributed by atoms with Crippen LogP contribution in [0.2, 0.25) is 0 Å². The van der Waals surface area contributed by atoms with Crippen LogP contribution in [0.1, 0.15) is 33.6 Å². The third-order valence-electron chi connectivity index (χ3n) is 2.43. The molecule has 0 aromatic carbocycles. The second kappa shape index (κ2) is 3.99. The molecule has 0 saturated carbocycles. The molecule has 0 unspecified atom stereocenters. The van der Waals surface area contributed by atoms with Gasteiger partial charge in [-0.2, -0.15) is 0 Å². The van der Waals surface area contributed by atoms with Gasteiger partial charge in [0.2, 0.25) is 5.78 Å². The molecule has 14 heavy (non-hydrogen) atoms. The maximum atomic E-state index is 11.7. The number of ether oxygens (including phenoxy) is 1. The lowest BCUT2D eigenvalue weighted by Gasteiger charge is -2.16. The number of hydrogen-bond acceptors (Lipinski definition) is 2. The van der Waals surface area contributed by atoms with Gasteiger partial charge in [0.25, 0.3) is 0 Å². The summed E-state index contributed by atoms with van der Waals surface area (Å²) in [5.41, 5.74) is 1.07. The predicted molar refractivity (Wildman–Crippen MR) is 56.9 cm³/mol. The van der Waals surface area contributed by atoms with E-state index < -0.39 is 0 Å². The number of Topliss-reactive ketones (excluding diaryl/α,β-unsaturated/α-hetero) is 1. The molecule has 1 rings (SSSR count). The van der Waals surface area contributed by atoms with Gasteiger partial charge >= 0.3 is 0 Å². The molecule has 0 aromatic heterocycles. The van der Waals surface area contributed by atoms with Crippen LogP contribution in [-0.4, -0.2) is 12.4 Å². The fourth-order valence-corrected chi connectivity index (χ4v) is 1.65. The Kier molecular flexibility index (Phi) is 3.14. The molecule has 0 fully saturated rings. The first-order chi connectivity index (χ1) is 6.46. The van der Waals surface area contributed by atoms with Gasteiger partial charge in [-0.25, -0.2) is 0 Å². The summed E-state index contributed by atoms with van der Waals surface area (Å²) in [4.78, 5) is 11.7. The number of allylic oxidation sites excluding steroid dienone is 2. The molecule has 0 bridgehead atoms. The van der Waals surface area contributed by atoms with Crippen molar-refractivity contribution in [3.8, 4) is 0 Å². The molecule has 0 N–H and O–H groups in total. The Morgan fingerprint density at radius 1 is 1.64 bits per heavy atom. The van der Waals surface area contributed by atoms with Crippen LogP contribution in [0.4, 0.5) is 0 Å². The van der Waals surface area contributed by atoms with E-state index in [-0.39, 0.29) is 17.0 Å². The van der Waals surface area contributed by atoms with E-state index in [1.54, 1.807) is 0 Å². The normalized spacial score (nSPS) is 18.9. The van der Waals surface area contributed by atoms with Crippen molar-refractivity contribution in [1.82, 2.24) is 0 Å². The van der Waals surface area contributed by atoms with E-state index in [0.29, 0.717) is 6.61 Å². The summed E-state index contributed by atoms with van der Waals surface area (Å²) in [5, 5.41) is 0. The van der Waals surface area contributed by atoms with Gasteiger partial charge in [0.1, 0.15) is 0 Å². The first kappa shape index (κ1) is 11.0. The molecular formula is C12H18O2. The molecular weight excluding hydrogens is 176 g/mol. The molecule has 0 saturated heterocycles. The molecule has 0 heterocycles. The molecule has 1 aliphatic rings. The Balaban J connectivity index is 2.60. The Labute approximate surface area is 85.6 Å². The SMILES string of the molecule is C=C(OCC)C(=O)C1=CCC(C)(C)C1. The van der Waals surface area contributed by atoms with Crippen molar-refractivity contribution < 1.29 is 9.53 Å². The number of carbonyl (C=O) groups excluding carboxylic acids is 1. The van der Waals surface area contributed by atoms with E-state index in [2.05, 4.69) is 20.4 Å². The molecule has 2 nitrogen and oxygen atoms in total. The third-order valence-corrected chi connectivity index (χ3v) is 2.43. The van der Waals surface area contributed by atoms with E-state index in [1.165, 1.54) is 0 Å². The van der Waals surface area contributed by atoms with Gasteiger partial charge < -0.3 is 4.74 Å². The predicted octanol–water partition coefficient (Wildman–Crippen LogP) is 2.85. The second-order valence-electron chi connectivity index (χ2n) is 4.46. The van der Waals surface area contributed by atoms with Gasteiger partial charge in [-0.3, -0.25) is 4.79 Å². The lowest BCUT2D eigenvalue weighted by atomic mass is 9.89. The fraction of sp³-hybridized carbons (Fsp3) is 0.583. The van der Waals surface area contributed by atoms with E-state index in [9.17, 15) is 4.79 Å². The quantitative estimate of drug-likeness (QED) is 0.508. The first-order valence-electron chi connectivity index (χ1n) is 5.02. The summed E-state index contributed by atoms with van der Waals surface area (Å²) in [5.74, 6) is 0.244. The molecule has 0 amide bonds. The van der Waals surface area contributed by atoms with Gasteiger partial charge in [-0.15, -0.1) is 0 Å². The number of hydrogen-bond donors (Lipinski definition) is 0. The van der Waals surface area contributed by atoms with Crippen molar-refractivity contribution in [3.05, 3.63) is 24.0 Å². The van der Waals surface area contributed by atoms with Crippen LogP contribution in [0.5, 0.6) is 0 Å². The highest BCUT2D eigenvalue weighted by atomic mass is 16.5. The molecule has 0 radical (unpaired) electrons. The summed E-state index contributed by atoms with van der Waals surface area (Å²) < 4.78 is 5.10. The summed E-state index contributed by atoms with van der Waals surface area (Å²) in [6, 6.07) is 0. The zero-order valence-corrected chi connectivity index (χ0v) is 9.22. The summed E-state index contributed by atoms with van der Waals surface area (Å²) in [6.07, 6.45) is 3.80. The second-order valence-corrected chi connectivity index (χ2v) is 4.46. The lowest BCUT2D eigenvalue weighted by molar-refractivity contribution is -0.115. The molecule has 0 atom stereocenters. The van der Waals surface area contributed by atoms with Gasteiger partial charge in [-0.1, -0.05) is 26.5 Å². The molecule has 78 valence electrons. The Morgan fingerprint density at radius 3 is 2.71 bits per heavy atom. The first-order valence-corrected chi connectivity index (χ1v) is 5.02. The van der Waals surface area contributed by atoms with Crippen LogP contribution in [0, 0.1) is 5.41 Å². The Morgan fingerprint density at radius 2 is 2.29 bits per heavy atom. The van der Waals surface area contributed by atoms with E-state index in [4.69, 9.17) is 4.74 Å². The minimum atomic E-state index is -0.0302. The zero-order valence-electron chi connectivity index (χ0n) is 9.22. The highest BCUT2D eigenvalue weighted by Crippen LogP contribution is 2.37. The van der Waals surface area contributed by atoms with Gasteiger partial charge in [0.05, 0.1) is 6.61 Å². The maximum absolute atomic E-state index is 11.7. The number of ketones is 1. The molecule has 0 aromatic rings. The fourth-order valence-electron chi connectivity index (χ4n) is 1.65. The van der Waals surface area contributed by atoms with E-state index in [0.717, 1.165) is 18.4 Å². The number of carbonyl (C=O) groups is 1. The summed E-state index contributed by atoms with van der Waals surface area (Å²) >= 11 is 0. The minimum Gasteiger partial charge on any atom is -0.490 e. The van der Waals surface area contributed by atoms with Gasteiger partial charge in [0, 0.05) is 0 Å². The minimum absolute atomic E-state index is 0.0302. The van der Waals surface area contributed by atoms with Crippen LogP contribution < -0.4 is 0 Å². The van der Waals surface area contributed by atoms with Gasteiger partial charge in [-0.05, 0) is 30.8 Å². The van der Waals surface area contributed by atoms with Crippen LogP contribution in [0.3, 0.4) is 0 Å². The van der Waals surface area contributed by atoms with Crippen molar-refractivity contribution in [2.75, 3.05) is 6.61 Å². The van der Waals surface area contributed by atoms with Crippen molar-refractivity contribution in [3.63, 3.8) is 0 Å². The highest BCUT2D eigenvalue weighted by molar-refractivity contribution is 6.06. The Bertz CT molecular complexity index is 285. The monoisotopic (exact) mass is 194 g/mol. The van der Waals surface area contributed by atoms with E-state index in [1.807, 2.05) is 13.0 Å². The smallest absolute Gasteiger partial charge is 0.222 e. The van der Waals surface area contributed by atoms with Crippen LogP contribution >= 0.6 is 0 Å². The molecule has 2 heteroatoms. The topological polar surface area (TPSA) is 26.3 Å². The van der Waals surface area contributed by atoms with Crippen molar-refractivity contribution in [2.24, 2.45) is 5.41 Å². The zero-order chi connectivity index (χ0) is 10.8. The molecule has 0 spiro atoms. The van der Waals surface area contributed by atoms with Crippen LogP contribution in [-0.2, 0) is 9.53 Å². The molecule has 0 aliphatic heterocycles. The summed E-state index contributed by atoms with van der Waals surface area (Å²) in [6.45, 7) is 10.3. The lowest BCUT2D eigenvalue weighted by Crippen LogP contribution is -2.11. The number of rotatable bonds is 4. The van der Waals surface area contributed by atoms with Crippen molar-refractivity contribution in [2.45, 2.75) is 33.6 Å². The van der Waals surface area contributed by atoms with Crippen LogP contribution in [0.25, 0.3) is 0 Å². The average molecular weight is 194 g/mol. The van der Waals surface area contributed by atoms with Gasteiger partial charge in [0.15, 0.2) is 5.76 Å². The van der Waals surface area contributed by atoms with Crippen LogP contribution in [0.15, 0.2) is 24.0 Å². The standard InChI is InChI=1S/C12H18O2/c1-5-14-9(2)11(13)10-6-7-12(3,4)8-10/h6H,2,5,7-8H2,1,3-4H3. The van der Waals surface area contributed by atoms with Crippen molar-refractivity contribution in [1.29, 1.82) is 0 Å². The average Bonchev–Trinajstić information content (AvgIpc) is 2.45. The largest absolute Gasteiger partial charge is 0.490 e. The molecule has 1 aliphatic carbocycles. The third kappa shape index (κ3) is 2.47. The van der Waals surface area contributed by atoms with Crippen molar-refractivity contribution >= 4 is 5.78 Å². The van der Waals surface area contributed by atoms with E-state index >= 15 is 0 Å². The maximum Gasteiger partial charge on any atom is 0.222 e.